The van der Waals surface area contributed by atoms with Crippen molar-refractivity contribution in [2.45, 2.75) is 26.2 Å². The van der Waals surface area contributed by atoms with E-state index in [4.69, 9.17) is 4.74 Å². The first kappa shape index (κ1) is 18.0. The Bertz CT molecular complexity index is 688. The van der Waals surface area contributed by atoms with Crippen LogP contribution in [0.2, 0.25) is 0 Å². The molecule has 5 heteroatoms. The molecular formula is C18H19Br2NO2. The molecule has 0 aliphatic carbocycles. The maximum atomic E-state index is 12.0. The zero-order valence-corrected chi connectivity index (χ0v) is 16.3. The Morgan fingerprint density at radius 1 is 1.22 bits per heavy atom. The topological polar surface area (TPSA) is 38.3 Å². The van der Waals surface area contributed by atoms with E-state index in [9.17, 15) is 4.79 Å². The molecule has 122 valence electrons. The molecule has 3 nitrogen and oxygen atoms in total. The van der Waals surface area contributed by atoms with Crippen LogP contribution in [0.15, 0.2) is 51.4 Å². The second kappa shape index (κ2) is 8.50. The average Bonchev–Trinajstić information content (AvgIpc) is 2.53. The molecule has 0 fully saturated rings. The van der Waals surface area contributed by atoms with Crippen LogP contribution in [0.1, 0.15) is 31.7 Å². The molecular weight excluding hydrogens is 422 g/mol. The van der Waals surface area contributed by atoms with E-state index in [2.05, 4.69) is 57.1 Å². The third kappa shape index (κ3) is 5.36. The lowest BCUT2D eigenvalue weighted by atomic mass is 9.99. The minimum absolute atomic E-state index is 0.0339. The van der Waals surface area contributed by atoms with Crippen LogP contribution in [0.4, 0.5) is 5.69 Å². The van der Waals surface area contributed by atoms with Crippen LogP contribution in [0.5, 0.6) is 5.75 Å². The van der Waals surface area contributed by atoms with Crippen LogP contribution < -0.4 is 10.1 Å². The maximum Gasteiger partial charge on any atom is 0.262 e. The normalized spacial score (nSPS) is 11.8. The summed E-state index contributed by atoms with van der Waals surface area (Å²) >= 11 is 6.88. The van der Waals surface area contributed by atoms with Crippen molar-refractivity contribution in [3.8, 4) is 5.75 Å². The van der Waals surface area contributed by atoms with Gasteiger partial charge in [-0.1, -0.05) is 41.9 Å². The molecule has 2 aromatic carbocycles. The maximum absolute atomic E-state index is 12.0. The molecule has 2 rings (SSSR count). The summed E-state index contributed by atoms with van der Waals surface area (Å²) in [6, 6.07) is 13.4. The van der Waals surface area contributed by atoms with E-state index in [0.717, 1.165) is 21.1 Å². The van der Waals surface area contributed by atoms with Gasteiger partial charge in [0, 0.05) is 10.2 Å². The molecule has 0 heterocycles. The fourth-order valence-corrected chi connectivity index (χ4v) is 2.99. The highest BCUT2D eigenvalue weighted by molar-refractivity contribution is 9.10. The Kier molecular flexibility index (Phi) is 6.66. The number of anilines is 1. The average molecular weight is 441 g/mol. The Hall–Kier alpha value is -1.33. The van der Waals surface area contributed by atoms with Gasteiger partial charge in [0.1, 0.15) is 5.75 Å². The van der Waals surface area contributed by atoms with Crippen LogP contribution in [-0.2, 0) is 4.79 Å². The van der Waals surface area contributed by atoms with Crippen LogP contribution in [0, 0.1) is 0 Å². The summed E-state index contributed by atoms with van der Waals surface area (Å²) < 4.78 is 7.38. The molecule has 0 saturated carbocycles. The molecule has 1 atom stereocenters. The van der Waals surface area contributed by atoms with Crippen LogP contribution in [0.3, 0.4) is 0 Å². The van der Waals surface area contributed by atoms with Crippen molar-refractivity contribution >= 4 is 43.5 Å². The highest BCUT2D eigenvalue weighted by atomic mass is 79.9. The van der Waals surface area contributed by atoms with Crippen molar-refractivity contribution in [2.24, 2.45) is 0 Å². The van der Waals surface area contributed by atoms with E-state index < -0.39 is 0 Å². The standard InChI is InChI=1S/C18H19Br2NO2/c1-3-12(2)13-7-8-17(16(20)9-13)23-11-18(22)21-15-6-4-5-14(19)10-15/h4-10,12H,3,11H2,1-2H3,(H,21,22). The number of hydrogen-bond donors (Lipinski definition) is 1. The third-order valence-electron chi connectivity index (χ3n) is 3.60. The first-order chi connectivity index (χ1) is 11.0. The number of nitrogens with one attached hydrogen (secondary N) is 1. The van der Waals surface area contributed by atoms with E-state index in [0.29, 0.717) is 11.7 Å². The quantitative estimate of drug-likeness (QED) is 0.621. The number of rotatable bonds is 6. The highest BCUT2D eigenvalue weighted by Crippen LogP contribution is 2.30. The van der Waals surface area contributed by atoms with Crippen LogP contribution in [0.25, 0.3) is 0 Å². The second-order valence-corrected chi connectivity index (χ2v) is 7.12. The van der Waals surface area contributed by atoms with Gasteiger partial charge >= 0.3 is 0 Å². The molecule has 1 amide bonds. The molecule has 0 saturated heterocycles. The molecule has 23 heavy (non-hydrogen) atoms. The summed E-state index contributed by atoms with van der Waals surface area (Å²) in [5, 5.41) is 2.80. The second-order valence-electron chi connectivity index (χ2n) is 5.35. The predicted octanol–water partition coefficient (Wildman–Crippen LogP) is 5.74. The molecule has 0 aliphatic heterocycles. The lowest BCUT2D eigenvalue weighted by Crippen LogP contribution is -2.20. The fraction of sp³-hybridized carbons (Fsp3) is 0.278. The van der Waals surface area contributed by atoms with Crippen molar-refractivity contribution in [3.05, 3.63) is 57.0 Å². The molecule has 0 bridgehead atoms. The number of carbonyl (C=O) groups excluding carboxylic acids is 1. The van der Waals surface area contributed by atoms with Gasteiger partial charge in [0.05, 0.1) is 4.47 Å². The third-order valence-corrected chi connectivity index (χ3v) is 4.72. The first-order valence-corrected chi connectivity index (χ1v) is 9.06. The van der Waals surface area contributed by atoms with E-state index >= 15 is 0 Å². The van der Waals surface area contributed by atoms with Gasteiger partial charge in [0.15, 0.2) is 6.61 Å². The molecule has 2 aromatic rings. The van der Waals surface area contributed by atoms with Crippen molar-refractivity contribution in [2.75, 3.05) is 11.9 Å². The zero-order valence-electron chi connectivity index (χ0n) is 13.1. The number of hydrogen-bond acceptors (Lipinski definition) is 2. The van der Waals surface area contributed by atoms with Gasteiger partial charge in [-0.2, -0.15) is 0 Å². The highest BCUT2D eigenvalue weighted by Gasteiger charge is 2.09. The molecule has 0 aliphatic rings. The summed E-state index contributed by atoms with van der Waals surface area (Å²) in [6.45, 7) is 4.32. The van der Waals surface area contributed by atoms with E-state index in [1.165, 1.54) is 5.56 Å². The van der Waals surface area contributed by atoms with Gasteiger partial charge < -0.3 is 10.1 Å². The van der Waals surface area contributed by atoms with Gasteiger partial charge in [0.2, 0.25) is 0 Å². The smallest absolute Gasteiger partial charge is 0.262 e. The van der Waals surface area contributed by atoms with E-state index in [1.54, 1.807) is 0 Å². The summed E-state index contributed by atoms with van der Waals surface area (Å²) in [7, 11) is 0. The summed E-state index contributed by atoms with van der Waals surface area (Å²) in [6.07, 6.45) is 1.09. The fourth-order valence-electron chi connectivity index (χ4n) is 2.08. The van der Waals surface area contributed by atoms with E-state index in [-0.39, 0.29) is 12.5 Å². The van der Waals surface area contributed by atoms with Crippen LogP contribution >= 0.6 is 31.9 Å². The summed E-state index contributed by atoms with van der Waals surface area (Å²) in [4.78, 5) is 12.0. The minimum atomic E-state index is -0.194. The number of carbonyl (C=O) groups is 1. The van der Waals surface area contributed by atoms with Crippen LogP contribution in [-0.4, -0.2) is 12.5 Å². The first-order valence-electron chi connectivity index (χ1n) is 7.47. The summed E-state index contributed by atoms with van der Waals surface area (Å²) in [5.41, 5.74) is 1.99. The number of amides is 1. The van der Waals surface area contributed by atoms with Crippen molar-refractivity contribution in [1.29, 1.82) is 0 Å². The number of ether oxygens (including phenoxy) is 1. The predicted molar refractivity (Wildman–Crippen MR) is 101 cm³/mol. The largest absolute Gasteiger partial charge is 0.483 e. The minimum Gasteiger partial charge on any atom is -0.483 e. The molecule has 1 unspecified atom stereocenters. The number of halogens is 2. The van der Waals surface area contributed by atoms with Gasteiger partial charge in [-0.25, -0.2) is 0 Å². The summed E-state index contributed by atoms with van der Waals surface area (Å²) in [5.74, 6) is 0.975. The molecule has 0 aromatic heterocycles. The Balaban J connectivity index is 1.94. The van der Waals surface area contributed by atoms with Crippen molar-refractivity contribution in [1.82, 2.24) is 0 Å². The molecule has 0 radical (unpaired) electrons. The SMILES string of the molecule is CCC(C)c1ccc(OCC(=O)Nc2cccc(Br)c2)c(Br)c1. The van der Waals surface area contributed by atoms with Crippen molar-refractivity contribution < 1.29 is 9.53 Å². The van der Waals surface area contributed by atoms with E-state index in [1.807, 2.05) is 36.4 Å². The van der Waals surface area contributed by atoms with Gasteiger partial charge in [0.25, 0.3) is 5.91 Å². The monoisotopic (exact) mass is 439 g/mol. The Morgan fingerprint density at radius 3 is 2.65 bits per heavy atom. The lowest BCUT2D eigenvalue weighted by Gasteiger charge is -2.13. The molecule has 1 N–H and O–H groups in total. The lowest BCUT2D eigenvalue weighted by molar-refractivity contribution is -0.118. The molecule has 0 spiro atoms. The zero-order chi connectivity index (χ0) is 16.8. The van der Waals surface area contributed by atoms with Crippen molar-refractivity contribution in [3.63, 3.8) is 0 Å². The van der Waals surface area contributed by atoms with Gasteiger partial charge in [-0.05, 0) is 64.2 Å². The number of benzene rings is 2. The van der Waals surface area contributed by atoms with Gasteiger partial charge in [-0.3, -0.25) is 4.79 Å². The van der Waals surface area contributed by atoms with Gasteiger partial charge in [-0.15, -0.1) is 0 Å². The Morgan fingerprint density at radius 2 is 2.00 bits per heavy atom. The Labute approximate surface area is 153 Å².